The third kappa shape index (κ3) is 3.92. The molecular formula is C25H22N2O4. The summed E-state index contributed by atoms with van der Waals surface area (Å²) in [5, 5.41) is 11.1. The normalized spacial score (nSPS) is 17.7. The van der Waals surface area contributed by atoms with Gasteiger partial charge in [0.25, 0.3) is 11.7 Å². The number of likely N-dealkylation sites (tertiary alicyclic amines) is 1. The van der Waals surface area contributed by atoms with Crippen LogP contribution in [-0.2, 0) is 16.1 Å². The van der Waals surface area contributed by atoms with Crippen LogP contribution in [0.15, 0.2) is 78.6 Å². The van der Waals surface area contributed by atoms with Gasteiger partial charge in [-0.3, -0.25) is 14.6 Å². The number of rotatable bonds is 5. The van der Waals surface area contributed by atoms with E-state index in [0.717, 1.165) is 16.7 Å². The van der Waals surface area contributed by atoms with Crippen LogP contribution in [0.2, 0.25) is 0 Å². The number of methoxy groups -OCH3 is 1. The minimum atomic E-state index is -0.716. The zero-order chi connectivity index (χ0) is 22.0. The van der Waals surface area contributed by atoms with Gasteiger partial charge >= 0.3 is 0 Å². The Labute approximate surface area is 180 Å². The number of hydrogen-bond donors (Lipinski definition) is 1. The highest BCUT2D eigenvalue weighted by Crippen LogP contribution is 2.40. The molecule has 0 bridgehead atoms. The van der Waals surface area contributed by atoms with Gasteiger partial charge in [0.1, 0.15) is 11.5 Å². The Morgan fingerprint density at radius 3 is 2.55 bits per heavy atom. The van der Waals surface area contributed by atoms with E-state index in [-0.39, 0.29) is 17.9 Å². The molecule has 156 valence electrons. The highest BCUT2D eigenvalue weighted by molar-refractivity contribution is 6.46. The predicted molar refractivity (Wildman–Crippen MR) is 116 cm³/mol. The Kier molecular flexibility index (Phi) is 5.54. The molecule has 0 spiro atoms. The molecule has 0 radical (unpaired) electrons. The van der Waals surface area contributed by atoms with E-state index in [1.807, 2.05) is 37.3 Å². The van der Waals surface area contributed by atoms with Crippen molar-refractivity contribution in [3.8, 4) is 5.75 Å². The second-order valence-corrected chi connectivity index (χ2v) is 7.43. The molecule has 2 heterocycles. The third-order valence-electron chi connectivity index (χ3n) is 5.35. The van der Waals surface area contributed by atoms with Crippen LogP contribution in [0, 0.1) is 6.92 Å². The van der Waals surface area contributed by atoms with Crippen molar-refractivity contribution in [1.82, 2.24) is 9.88 Å². The minimum Gasteiger partial charge on any atom is -0.507 e. The molecule has 3 aromatic rings. The minimum absolute atomic E-state index is 0.0611. The first-order valence-corrected chi connectivity index (χ1v) is 9.88. The number of Topliss-reactive ketones (excluding diaryl/α,β-unsaturated/α-hetero) is 1. The first-order chi connectivity index (χ1) is 15.0. The van der Waals surface area contributed by atoms with Crippen LogP contribution in [0.1, 0.15) is 28.3 Å². The van der Waals surface area contributed by atoms with E-state index in [2.05, 4.69) is 4.98 Å². The quantitative estimate of drug-likeness (QED) is 0.388. The second kappa shape index (κ2) is 8.44. The molecule has 1 aliphatic rings. The summed E-state index contributed by atoms with van der Waals surface area (Å²) in [5.41, 5.74) is 3.07. The molecule has 31 heavy (non-hydrogen) atoms. The van der Waals surface area contributed by atoms with Crippen LogP contribution < -0.4 is 4.74 Å². The van der Waals surface area contributed by atoms with E-state index in [1.165, 1.54) is 12.0 Å². The van der Waals surface area contributed by atoms with Crippen LogP contribution in [-0.4, -0.2) is 33.8 Å². The van der Waals surface area contributed by atoms with Gasteiger partial charge in [0.2, 0.25) is 0 Å². The fraction of sp³-hybridized carbons (Fsp3) is 0.160. The van der Waals surface area contributed by atoms with Gasteiger partial charge in [-0.15, -0.1) is 0 Å². The van der Waals surface area contributed by atoms with Crippen molar-refractivity contribution in [2.45, 2.75) is 19.5 Å². The van der Waals surface area contributed by atoms with E-state index in [1.54, 1.807) is 42.7 Å². The SMILES string of the molecule is COc1cccc(/C(O)=C2\C(=O)C(=O)N(Cc3cccnc3)[C@@H]2c2ccc(C)cc2)c1. The van der Waals surface area contributed by atoms with Gasteiger partial charge in [0.05, 0.1) is 18.7 Å². The number of aliphatic hydroxyl groups excluding tert-OH is 1. The highest BCUT2D eigenvalue weighted by atomic mass is 16.5. The summed E-state index contributed by atoms with van der Waals surface area (Å²) in [6.07, 6.45) is 3.31. The number of pyridine rings is 1. The Morgan fingerprint density at radius 1 is 1.10 bits per heavy atom. The Hall–Kier alpha value is -3.93. The summed E-state index contributed by atoms with van der Waals surface area (Å²) in [4.78, 5) is 31.7. The highest BCUT2D eigenvalue weighted by Gasteiger charge is 2.46. The van der Waals surface area contributed by atoms with Crippen molar-refractivity contribution in [2.24, 2.45) is 0 Å². The molecule has 6 nitrogen and oxygen atoms in total. The number of aryl methyl sites for hydroxylation is 1. The summed E-state index contributed by atoms with van der Waals surface area (Å²) < 4.78 is 5.24. The first kappa shape index (κ1) is 20.3. The zero-order valence-electron chi connectivity index (χ0n) is 17.3. The number of amides is 1. The molecule has 6 heteroatoms. The Bertz CT molecular complexity index is 1150. The number of nitrogens with zero attached hydrogens (tertiary/aromatic N) is 2. The number of benzene rings is 2. The molecule has 1 saturated heterocycles. The zero-order valence-corrected chi connectivity index (χ0v) is 17.3. The summed E-state index contributed by atoms with van der Waals surface area (Å²) >= 11 is 0. The van der Waals surface area contributed by atoms with Gasteiger partial charge in [-0.1, -0.05) is 48.0 Å². The number of aliphatic hydroxyl groups is 1. The number of ketones is 1. The molecule has 1 amide bonds. The Balaban J connectivity index is 1.86. The lowest BCUT2D eigenvalue weighted by Crippen LogP contribution is -2.29. The molecule has 1 atom stereocenters. The summed E-state index contributed by atoms with van der Waals surface area (Å²) in [6, 6.07) is 17.3. The monoisotopic (exact) mass is 414 g/mol. The van der Waals surface area contributed by atoms with Gasteiger partial charge in [-0.2, -0.15) is 0 Å². The number of aromatic nitrogens is 1. The number of carbonyl (C=O) groups is 2. The van der Waals surface area contributed by atoms with Crippen molar-refractivity contribution in [2.75, 3.05) is 7.11 Å². The Morgan fingerprint density at radius 2 is 1.87 bits per heavy atom. The van der Waals surface area contributed by atoms with Gasteiger partial charge in [0.15, 0.2) is 0 Å². The maximum Gasteiger partial charge on any atom is 0.295 e. The third-order valence-corrected chi connectivity index (χ3v) is 5.35. The molecule has 0 saturated carbocycles. The molecule has 0 aliphatic carbocycles. The molecule has 0 unspecified atom stereocenters. The fourth-order valence-corrected chi connectivity index (χ4v) is 3.75. The lowest BCUT2D eigenvalue weighted by Gasteiger charge is -2.25. The smallest absolute Gasteiger partial charge is 0.295 e. The largest absolute Gasteiger partial charge is 0.507 e. The summed E-state index contributed by atoms with van der Waals surface area (Å²) in [7, 11) is 1.53. The second-order valence-electron chi connectivity index (χ2n) is 7.43. The lowest BCUT2D eigenvalue weighted by atomic mass is 9.94. The number of ether oxygens (including phenoxy) is 1. The van der Waals surface area contributed by atoms with Crippen LogP contribution in [0.3, 0.4) is 0 Å². The first-order valence-electron chi connectivity index (χ1n) is 9.88. The van der Waals surface area contributed by atoms with Crippen molar-refractivity contribution in [3.05, 3.63) is 101 Å². The van der Waals surface area contributed by atoms with Gasteiger partial charge < -0.3 is 14.7 Å². The van der Waals surface area contributed by atoms with E-state index < -0.39 is 17.7 Å². The van der Waals surface area contributed by atoms with E-state index >= 15 is 0 Å². The maximum absolute atomic E-state index is 13.1. The van der Waals surface area contributed by atoms with Crippen molar-refractivity contribution < 1.29 is 19.4 Å². The van der Waals surface area contributed by atoms with E-state index in [4.69, 9.17) is 4.74 Å². The van der Waals surface area contributed by atoms with E-state index in [9.17, 15) is 14.7 Å². The summed E-state index contributed by atoms with van der Waals surface area (Å²) in [5.74, 6) is -1.05. The van der Waals surface area contributed by atoms with Gasteiger partial charge in [-0.25, -0.2) is 0 Å². The van der Waals surface area contributed by atoms with Crippen molar-refractivity contribution >= 4 is 17.4 Å². The topological polar surface area (TPSA) is 79.7 Å². The van der Waals surface area contributed by atoms with Crippen LogP contribution in [0.5, 0.6) is 5.75 Å². The van der Waals surface area contributed by atoms with Gasteiger partial charge in [-0.05, 0) is 36.2 Å². The average molecular weight is 414 g/mol. The molecule has 1 fully saturated rings. The van der Waals surface area contributed by atoms with Crippen LogP contribution in [0.25, 0.3) is 5.76 Å². The standard InChI is InChI=1S/C25H22N2O4/c1-16-8-10-18(11-9-16)22-21(23(28)19-6-3-7-20(13-19)31-2)24(29)25(30)27(22)15-17-5-4-12-26-14-17/h3-14,22,28H,15H2,1-2H3/b23-21+/t22-/m1/s1. The fourth-order valence-electron chi connectivity index (χ4n) is 3.75. The molecular weight excluding hydrogens is 392 g/mol. The van der Waals surface area contributed by atoms with Crippen molar-refractivity contribution in [3.63, 3.8) is 0 Å². The number of carbonyl (C=O) groups excluding carboxylic acids is 2. The molecule has 4 rings (SSSR count). The van der Waals surface area contributed by atoms with Crippen LogP contribution >= 0.6 is 0 Å². The van der Waals surface area contributed by atoms with Crippen molar-refractivity contribution in [1.29, 1.82) is 0 Å². The molecule has 1 aliphatic heterocycles. The van der Waals surface area contributed by atoms with Gasteiger partial charge in [0, 0.05) is 24.5 Å². The molecule has 1 aromatic heterocycles. The molecule has 2 aromatic carbocycles. The molecule has 1 N–H and O–H groups in total. The van der Waals surface area contributed by atoms with E-state index in [0.29, 0.717) is 11.3 Å². The average Bonchev–Trinajstić information content (AvgIpc) is 3.05. The lowest BCUT2D eigenvalue weighted by molar-refractivity contribution is -0.140. The maximum atomic E-state index is 13.1. The number of hydrogen-bond acceptors (Lipinski definition) is 5. The summed E-state index contributed by atoms with van der Waals surface area (Å²) in [6.45, 7) is 2.17. The van der Waals surface area contributed by atoms with Crippen LogP contribution in [0.4, 0.5) is 0 Å². The predicted octanol–water partition coefficient (Wildman–Crippen LogP) is 4.02.